The summed E-state index contributed by atoms with van der Waals surface area (Å²) in [5.74, 6) is 0. The summed E-state index contributed by atoms with van der Waals surface area (Å²) in [4.78, 5) is 0. The van der Waals surface area contributed by atoms with Crippen molar-refractivity contribution < 1.29 is 0 Å². The summed E-state index contributed by atoms with van der Waals surface area (Å²) in [7, 11) is 0. The third kappa shape index (κ3) is 2.76. The summed E-state index contributed by atoms with van der Waals surface area (Å²) in [5.41, 5.74) is 10.3. The molecular formula is C14H16N2. The maximum absolute atomic E-state index is 5.50. The Bertz CT molecular complexity index is 443. The van der Waals surface area contributed by atoms with Crippen molar-refractivity contribution in [3.8, 4) is 11.1 Å². The van der Waals surface area contributed by atoms with Crippen LogP contribution in [-0.2, 0) is 0 Å². The molecule has 16 heavy (non-hydrogen) atoms. The van der Waals surface area contributed by atoms with Crippen LogP contribution < -0.4 is 11.1 Å². The van der Waals surface area contributed by atoms with Crippen molar-refractivity contribution in [1.29, 1.82) is 0 Å². The number of rotatable bonds is 2. The molecule has 0 amide bonds. The molecule has 0 radical (unpaired) electrons. The molecule has 0 aliphatic heterocycles. The van der Waals surface area contributed by atoms with Gasteiger partial charge in [0.25, 0.3) is 0 Å². The highest BCUT2D eigenvalue weighted by Gasteiger charge is 2.06. The van der Waals surface area contributed by atoms with Crippen LogP contribution in [0.1, 0.15) is 6.92 Å². The van der Waals surface area contributed by atoms with Crippen LogP contribution in [0.25, 0.3) is 11.1 Å². The van der Waals surface area contributed by atoms with Gasteiger partial charge >= 0.3 is 0 Å². The zero-order valence-electron chi connectivity index (χ0n) is 9.40. The normalized spacial score (nSPS) is 10.1. The van der Waals surface area contributed by atoms with E-state index >= 15 is 0 Å². The van der Waals surface area contributed by atoms with Gasteiger partial charge < -0.3 is 11.1 Å². The van der Waals surface area contributed by atoms with Crippen molar-refractivity contribution in [3.05, 3.63) is 48.5 Å². The average Bonchev–Trinajstić information content (AvgIpc) is 2.90. The van der Waals surface area contributed by atoms with Crippen molar-refractivity contribution in [2.45, 2.75) is 6.92 Å². The topological polar surface area (TPSA) is 38.0 Å². The van der Waals surface area contributed by atoms with E-state index in [0.717, 1.165) is 17.9 Å². The van der Waals surface area contributed by atoms with E-state index in [1.807, 2.05) is 24.3 Å². The van der Waals surface area contributed by atoms with Crippen LogP contribution in [0.4, 0.5) is 11.4 Å². The largest absolute Gasteiger partial charge is 0.399 e. The molecule has 2 nitrogen and oxygen atoms in total. The van der Waals surface area contributed by atoms with Crippen LogP contribution in [-0.4, -0.2) is 6.54 Å². The molecule has 3 rings (SSSR count). The fourth-order valence-corrected chi connectivity index (χ4v) is 1.48. The van der Waals surface area contributed by atoms with Gasteiger partial charge in [0.1, 0.15) is 0 Å². The number of nitrogen functional groups attached to an aromatic ring is 1. The molecule has 0 unspecified atom stereocenters. The van der Waals surface area contributed by atoms with E-state index < -0.39 is 0 Å². The Morgan fingerprint density at radius 1 is 1.00 bits per heavy atom. The predicted octanol–water partition coefficient (Wildman–Crippen LogP) is 3.37. The van der Waals surface area contributed by atoms with Crippen molar-refractivity contribution in [2.75, 3.05) is 17.6 Å². The fraction of sp³-hybridized carbons (Fsp3) is 0.143. The third-order valence-corrected chi connectivity index (χ3v) is 2.40. The Balaban J connectivity index is 0.000000134. The van der Waals surface area contributed by atoms with E-state index in [1.54, 1.807) is 0 Å². The van der Waals surface area contributed by atoms with E-state index in [2.05, 4.69) is 36.5 Å². The maximum atomic E-state index is 5.50. The second-order valence-corrected chi connectivity index (χ2v) is 3.73. The lowest BCUT2D eigenvalue weighted by atomic mass is 10.3. The van der Waals surface area contributed by atoms with Crippen molar-refractivity contribution >= 4 is 11.4 Å². The number of anilines is 2. The zero-order chi connectivity index (χ0) is 11.4. The Kier molecular flexibility index (Phi) is 3.10. The van der Waals surface area contributed by atoms with E-state index in [1.165, 1.54) is 11.1 Å². The lowest BCUT2D eigenvalue weighted by Crippen LogP contribution is -1.95. The minimum Gasteiger partial charge on any atom is -0.399 e. The Morgan fingerprint density at radius 3 is 2.00 bits per heavy atom. The van der Waals surface area contributed by atoms with Crippen LogP contribution in [0.15, 0.2) is 48.5 Å². The first-order chi connectivity index (χ1) is 7.79. The number of fused-ring (bicyclic) bond motifs is 1. The molecule has 0 saturated carbocycles. The Morgan fingerprint density at radius 2 is 1.62 bits per heavy atom. The standard InChI is InChI=1S/C8H12N2.C6H4/c1-2-10-8-5-3-7(9)4-6-8;1-2-5-4-6(5)3-1/h3-6,10H,2,9H2,1H3;1-4H. The van der Waals surface area contributed by atoms with Crippen LogP contribution in [0, 0.1) is 0 Å². The van der Waals surface area contributed by atoms with Gasteiger partial charge in [0.05, 0.1) is 0 Å². The van der Waals surface area contributed by atoms with Crippen molar-refractivity contribution in [2.24, 2.45) is 0 Å². The van der Waals surface area contributed by atoms with Gasteiger partial charge in [0.15, 0.2) is 0 Å². The van der Waals surface area contributed by atoms with Crippen molar-refractivity contribution in [1.82, 2.24) is 0 Å². The van der Waals surface area contributed by atoms with Crippen LogP contribution in [0.3, 0.4) is 0 Å². The van der Waals surface area contributed by atoms with Crippen LogP contribution >= 0.6 is 0 Å². The summed E-state index contributed by atoms with van der Waals surface area (Å²) >= 11 is 0. The molecule has 3 N–H and O–H groups in total. The van der Waals surface area contributed by atoms with Gasteiger partial charge in [-0.3, -0.25) is 0 Å². The van der Waals surface area contributed by atoms with Crippen LogP contribution in [0.5, 0.6) is 0 Å². The Labute approximate surface area is 96.1 Å². The smallest absolute Gasteiger partial charge is 0.0341 e. The summed E-state index contributed by atoms with van der Waals surface area (Å²) in [6.45, 7) is 3.01. The Hall–Kier alpha value is -1.96. The summed E-state index contributed by atoms with van der Waals surface area (Å²) in [6, 6.07) is 16.2. The molecule has 2 aliphatic rings. The van der Waals surface area contributed by atoms with Gasteiger partial charge in [-0.1, -0.05) is 18.2 Å². The second-order valence-electron chi connectivity index (χ2n) is 3.73. The first-order valence-corrected chi connectivity index (χ1v) is 5.49. The monoisotopic (exact) mass is 212 g/mol. The molecule has 2 aliphatic carbocycles. The molecule has 1 aromatic rings. The quantitative estimate of drug-likeness (QED) is 0.639. The lowest BCUT2D eigenvalue weighted by molar-refractivity contribution is 1.21. The van der Waals surface area contributed by atoms with Gasteiger partial charge in [-0.25, -0.2) is 0 Å². The summed E-state index contributed by atoms with van der Waals surface area (Å²) < 4.78 is 0. The molecular weight excluding hydrogens is 196 g/mol. The molecule has 0 atom stereocenters. The molecule has 2 heteroatoms. The zero-order valence-corrected chi connectivity index (χ0v) is 9.40. The number of nitrogens with one attached hydrogen (secondary N) is 1. The van der Waals surface area contributed by atoms with Gasteiger partial charge in [-0.05, 0) is 48.4 Å². The number of hydrogen-bond acceptors (Lipinski definition) is 2. The summed E-state index contributed by atoms with van der Waals surface area (Å²) in [6.07, 6.45) is 0. The first kappa shape index (κ1) is 10.6. The molecule has 0 spiro atoms. The molecule has 82 valence electrons. The predicted molar refractivity (Wildman–Crippen MR) is 70.5 cm³/mol. The van der Waals surface area contributed by atoms with Crippen molar-refractivity contribution in [3.63, 3.8) is 0 Å². The van der Waals surface area contributed by atoms with E-state index in [4.69, 9.17) is 5.73 Å². The highest BCUT2D eigenvalue weighted by Crippen LogP contribution is 2.32. The maximum Gasteiger partial charge on any atom is 0.0341 e. The van der Waals surface area contributed by atoms with Gasteiger partial charge in [0.2, 0.25) is 0 Å². The van der Waals surface area contributed by atoms with Gasteiger partial charge in [0, 0.05) is 17.9 Å². The van der Waals surface area contributed by atoms with E-state index in [0.29, 0.717) is 0 Å². The number of nitrogens with two attached hydrogens (primary N) is 1. The number of benzene rings is 2. The number of hydrogen-bond donors (Lipinski definition) is 2. The van der Waals surface area contributed by atoms with E-state index in [9.17, 15) is 0 Å². The molecule has 0 bridgehead atoms. The highest BCUT2D eigenvalue weighted by molar-refractivity contribution is 5.80. The average molecular weight is 212 g/mol. The van der Waals surface area contributed by atoms with Gasteiger partial charge in [-0.15, -0.1) is 0 Å². The molecule has 1 aromatic carbocycles. The molecule has 0 fully saturated rings. The third-order valence-electron chi connectivity index (χ3n) is 2.40. The minimum absolute atomic E-state index is 0.807. The lowest BCUT2D eigenvalue weighted by Gasteiger charge is -2.01. The first-order valence-electron chi connectivity index (χ1n) is 5.49. The highest BCUT2D eigenvalue weighted by atomic mass is 14.8. The van der Waals surface area contributed by atoms with Crippen LogP contribution in [0.2, 0.25) is 0 Å². The minimum atomic E-state index is 0.807. The summed E-state index contributed by atoms with van der Waals surface area (Å²) in [5, 5.41) is 3.18. The molecule has 0 aromatic heterocycles. The fourth-order valence-electron chi connectivity index (χ4n) is 1.48. The molecule has 0 heterocycles. The van der Waals surface area contributed by atoms with Gasteiger partial charge in [-0.2, -0.15) is 0 Å². The SMILES string of the molecule is CCNc1ccc(N)cc1.c1cc2cc-2c1. The molecule has 0 saturated heterocycles. The van der Waals surface area contributed by atoms with E-state index in [-0.39, 0.29) is 0 Å². The second kappa shape index (κ2) is 4.71.